The number of aliphatic imine (C=N–C) groups is 1. The molecule has 0 saturated carbocycles. The molecule has 1 fully saturated rings. The van der Waals surface area contributed by atoms with Crippen LogP contribution in [0.25, 0.3) is 11.1 Å². The van der Waals surface area contributed by atoms with Crippen LogP contribution >= 0.6 is 11.8 Å². The summed E-state index contributed by atoms with van der Waals surface area (Å²) in [6, 6.07) is 34.5. The Hall–Kier alpha value is -4.55. The maximum atomic E-state index is 13.4. The lowest BCUT2D eigenvalue weighted by atomic mass is 9.82. The first-order valence-electron chi connectivity index (χ1n) is 14.7. The highest BCUT2D eigenvalue weighted by Gasteiger charge is 2.40. The number of para-hydroxylation sites is 1. The van der Waals surface area contributed by atoms with Gasteiger partial charge in [0, 0.05) is 29.9 Å². The van der Waals surface area contributed by atoms with E-state index in [0.717, 1.165) is 23.7 Å². The number of carbonyl (C=O) groups is 1. The molecule has 4 aromatic rings. The number of hydrogen-bond acceptors (Lipinski definition) is 5. The number of benzene rings is 4. The van der Waals surface area contributed by atoms with Gasteiger partial charge in [0.25, 0.3) is 5.91 Å². The highest BCUT2D eigenvalue weighted by molar-refractivity contribution is 8.18. The molecule has 6 heteroatoms. The second-order valence-corrected chi connectivity index (χ2v) is 12.0. The van der Waals surface area contributed by atoms with Gasteiger partial charge in [-0.15, -0.1) is 0 Å². The van der Waals surface area contributed by atoms with Gasteiger partial charge in [0.05, 0.1) is 10.6 Å². The normalized spacial score (nSPS) is 18.6. The van der Waals surface area contributed by atoms with Crippen molar-refractivity contribution in [1.82, 2.24) is 4.90 Å². The topological polar surface area (TPSA) is 45.1 Å². The number of likely N-dealkylation sites (N-methyl/N-ethyl adjacent to an activating group) is 2. The smallest absolute Gasteiger partial charge is 0.266 e. The fourth-order valence-electron chi connectivity index (χ4n) is 5.69. The molecule has 0 atom stereocenters. The Morgan fingerprint density at radius 3 is 2.09 bits per heavy atom. The van der Waals surface area contributed by atoms with Gasteiger partial charge in [-0.25, -0.2) is 4.99 Å². The molecule has 216 valence electrons. The summed E-state index contributed by atoms with van der Waals surface area (Å²) in [5.74, 6) is 1.50. The van der Waals surface area contributed by atoms with Crippen molar-refractivity contribution in [2.45, 2.75) is 33.1 Å². The summed E-state index contributed by atoms with van der Waals surface area (Å²) >= 11 is 1.42. The summed E-state index contributed by atoms with van der Waals surface area (Å²) < 4.78 is 5.91. The maximum absolute atomic E-state index is 13.4. The third kappa shape index (κ3) is 5.63. The van der Waals surface area contributed by atoms with Crippen LogP contribution in [0.2, 0.25) is 0 Å². The second kappa shape index (κ2) is 12.0. The standard InChI is InChI=1S/C37H35N3O2S/c1-5-39-32-22-17-27(26-13-9-7-10-14-26)25-31(32)37(3,4)34(39)24-23-33-35(41)40(6-2)36(43-33)38-28-18-20-30(21-19-28)42-29-15-11-8-12-16-29/h7-25H,5-6H2,1-4H3/b33-23-,34-24+,38-36?. The Bertz CT molecular complexity index is 1730. The zero-order valence-corrected chi connectivity index (χ0v) is 25.8. The maximum Gasteiger partial charge on any atom is 0.266 e. The number of ether oxygens (including phenoxy) is 1. The Balaban J connectivity index is 1.26. The lowest BCUT2D eigenvalue weighted by molar-refractivity contribution is -0.122. The first-order chi connectivity index (χ1) is 20.9. The molecule has 43 heavy (non-hydrogen) atoms. The predicted molar refractivity (Wildman–Crippen MR) is 179 cm³/mol. The van der Waals surface area contributed by atoms with Crippen LogP contribution in [0.15, 0.2) is 131 Å². The number of amides is 1. The molecule has 6 rings (SSSR count). The van der Waals surface area contributed by atoms with Crippen molar-refractivity contribution in [2.75, 3.05) is 18.0 Å². The minimum Gasteiger partial charge on any atom is -0.457 e. The third-order valence-electron chi connectivity index (χ3n) is 7.95. The van der Waals surface area contributed by atoms with Crippen molar-refractivity contribution >= 4 is 34.2 Å². The fourth-order valence-corrected chi connectivity index (χ4v) is 6.69. The van der Waals surface area contributed by atoms with Crippen molar-refractivity contribution in [1.29, 1.82) is 0 Å². The van der Waals surface area contributed by atoms with Gasteiger partial charge in [-0.1, -0.05) is 68.4 Å². The Kier molecular flexibility index (Phi) is 7.96. The second-order valence-electron chi connectivity index (χ2n) is 11.0. The van der Waals surface area contributed by atoms with E-state index in [1.807, 2.05) is 73.7 Å². The average Bonchev–Trinajstić information content (AvgIpc) is 3.45. The first-order valence-corrected chi connectivity index (χ1v) is 15.5. The van der Waals surface area contributed by atoms with Crippen molar-refractivity contribution in [3.05, 3.63) is 131 Å². The van der Waals surface area contributed by atoms with Crippen LogP contribution in [0.4, 0.5) is 11.4 Å². The van der Waals surface area contributed by atoms with Crippen LogP contribution in [-0.4, -0.2) is 29.1 Å². The molecule has 0 aliphatic carbocycles. The molecule has 4 aromatic carbocycles. The summed E-state index contributed by atoms with van der Waals surface area (Å²) in [5, 5.41) is 0.683. The molecule has 0 N–H and O–H groups in total. The van der Waals surface area contributed by atoms with E-state index >= 15 is 0 Å². The molecular formula is C37H35N3O2S. The average molecular weight is 586 g/mol. The summed E-state index contributed by atoms with van der Waals surface area (Å²) in [5.41, 5.74) is 6.67. The van der Waals surface area contributed by atoms with Crippen molar-refractivity contribution in [3.8, 4) is 22.6 Å². The Labute approximate surface area is 258 Å². The van der Waals surface area contributed by atoms with Gasteiger partial charge in [-0.3, -0.25) is 9.69 Å². The molecule has 2 aliphatic rings. The summed E-state index contributed by atoms with van der Waals surface area (Å²) in [6.45, 7) is 10.1. The molecule has 0 spiro atoms. The number of anilines is 1. The number of fused-ring (bicyclic) bond motifs is 1. The number of rotatable bonds is 7. The van der Waals surface area contributed by atoms with E-state index in [4.69, 9.17) is 9.73 Å². The Morgan fingerprint density at radius 2 is 1.42 bits per heavy atom. The monoisotopic (exact) mass is 585 g/mol. The van der Waals surface area contributed by atoms with E-state index in [1.54, 1.807) is 4.90 Å². The number of hydrogen-bond donors (Lipinski definition) is 0. The number of nitrogens with zero attached hydrogens (tertiary/aromatic N) is 3. The van der Waals surface area contributed by atoms with Gasteiger partial charge in [-0.2, -0.15) is 0 Å². The SMILES string of the molecule is CCN1C(=O)/C(=C/C=C2/N(CC)c3ccc(-c4ccccc4)cc3C2(C)C)SC1=Nc1ccc(Oc2ccccc2)cc1. The minimum atomic E-state index is -0.218. The van der Waals surface area contributed by atoms with Gasteiger partial charge in [0.15, 0.2) is 5.17 Å². The lowest BCUT2D eigenvalue weighted by Gasteiger charge is -2.25. The van der Waals surface area contributed by atoms with Crippen LogP contribution in [0.3, 0.4) is 0 Å². The highest BCUT2D eigenvalue weighted by atomic mass is 32.2. The summed E-state index contributed by atoms with van der Waals surface area (Å²) in [6.07, 6.45) is 4.09. The van der Waals surface area contributed by atoms with Gasteiger partial charge in [-0.05, 0) is 103 Å². The van der Waals surface area contributed by atoms with Gasteiger partial charge in [0.2, 0.25) is 0 Å². The molecular weight excluding hydrogens is 550 g/mol. The number of thioether (sulfide) groups is 1. The fraction of sp³-hybridized carbons (Fsp3) is 0.189. The number of amidine groups is 1. The number of allylic oxidation sites excluding steroid dienone is 3. The summed E-state index contributed by atoms with van der Waals surface area (Å²) in [4.78, 5) is 23.0. The zero-order valence-electron chi connectivity index (χ0n) is 25.0. The molecule has 0 radical (unpaired) electrons. The van der Waals surface area contributed by atoms with Crippen LogP contribution in [0.5, 0.6) is 11.5 Å². The van der Waals surface area contributed by atoms with E-state index in [0.29, 0.717) is 16.6 Å². The molecule has 5 nitrogen and oxygen atoms in total. The molecule has 0 aromatic heterocycles. The van der Waals surface area contributed by atoms with E-state index in [9.17, 15) is 4.79 Å². The van der Waals surface area contributed by atoms with Crippen LogP contribution in [-0.2, 0) is 10.2 Å². The van der Waals surface area contributed by atoms with Gasteiger partial charge >= 0.3 is 0 Å². The van der Waals surface area contributed by atoms with Crippen molar-refractivity contribution < 1.29 is 9.53 Å². The molecule has 0 unspecified atom stereocenters. The summed E-state index contributed by atoms with van der Waals surface area (Å²) in [7, 11) is 0. The van der Waals surface area contributed by atoms with E-state index in [2.05, 4.69) is 74.2 Å². The quantitative estimate of drug-likeness (QED) is 0.203. The molecule has 2 aliphatic heterocycles. The lowest BCUT2D eigenvalue weighted by Crippen LogP contribution is -2.28. The van der Waals surface area contributed by atoms with Crippen LogP contribution in [0, 0.1) is 0 Å². The zero-order chi connectivity index (χ0) is 30.0. The minimum absolute atomic E-state index is 0.0186. The van der Waals surface area contributed by atoms with Gasteiger partial charge < -0.3 is 9.64 Å². The van der Waals surface area contributed by atoms with Crippen LogP contribution < -0.4 is 9.64 Å². The molecule has 1 saturated heterocycles. The largest absolute Gasteiger partial charge is 0.457 e. The third-order valence-corrected chi connectivity index (χ3v) is 8.98. The van der Waals surface area contributed by atoms with E-state index in [1.165, 1.54) is 39.8 Å². The molecule has 1 amide bonds. The predicted octanol–water partition coefficient (Wildman–Crippen LogP) is 9.31. The molecule has 2 heterocycles. The van der Waals surface area contributed by atoms with Gasteiger partial charge in [0.1, 0.15) is 11.5 Å². The molecule has 0 bridgehead atoms. The Morgan fingerprint density at radius 1 is 0.767 bits per heavy atom. The highest BCUT2D eigenvalue weighted by Crippen LogP contribution is 2.49. The van der Waals surface area contributed by atoms with Crippen molar-refractivity contribution in [3.63, 3.8) is 0 Å². The van der Waals surface area contributed by atoms with E-state index < -0.39 is 0 Å². The van der Waals surface area contributed by atoms with E-state index in [-0.39, 0.29) is 11.3 Å². The van der Waals surface area contributed by atoms with Crippen molar-refractivity contribution in [2.24, 2.45) is 4.99 Å². The van der Waals surface area contributed by atoms with Crippen LogP contribution in [0.1, 0.15) is 33.3 Å². The number of carbonyl (C=O) groups excluding carboxylic acids is 1. The first kappa shape index (κ1) is 28.6.